The molecule has 0 aliphatic carbocycles. The first-order valence-corrected chi connectivity index (χ1v) is 7.54. The van der Waals surface area contributed by atoms with Crippen LogP contribution in [0, 0.1) is 0 Å². The molecule has 0 spiro atoms. The minimum absolute atomic E-state index is 0.0398. The highest BCUT2D eigenvalue weighted by Gasteiger charge is 2.53. The molecule has 1 fully saturated rings. The molecule has 0 aromatic rings. The number of hydrogen-bond acceptors (Lipinski definition) is 8. The molecule has 1 saturated heterocycles. The van der Waals surface area contributed by atoms with Gasteiger partial charge in [0.1, 0.15) is 0 Å². The third-order valence-electron chi connectivity index (χ3n) is 3.65. The Hall–Kier alpha value is -1.52. The molecule has 1 aliphatic rings. The van der Waals surface area contributed by atoms with Crippen molar-refractivity contribution in [1.29, 1.82) is 0 Å². The number of hydrogen-bond donors (Lipinski definition) is 4. The van der Waals surface area contributed by atoms with Crippen molar-refractivity contribution in [2.45, 2.75) is 49.9 Å². The van der Waals surface area contributed by atoms with Gasteiger partial charge in [-0.25, -0.2) is 4.79 Å². The third kappa shape index (κ3) is 4.99. The van der Waals surface area contributed by atoms with Crippen LogP contribution in [0.25, 0.3) is 0 Å². The maximum atomic E-state index is 12.2. The van der Waals surface area contributed by atoms with Crippen LogP contribution in [0.5, 0.6) is 0 Å². The number of rotatable bonds is 8. The second-order valence-corrected chi connectivity index (χ2v) is 5.57. The van der Waals surface area contributed by atoms with Gasteiger partial charge in [0.2, 0.25) is 5.91 Å². The number of esters is 1. The maximum Gasteiger partial charge on any atom is 0.366 e. The molecule has 24 heavy (non-hydrogen) atoms. The van der Waals surface area contributed by atoms with E-state index >= 15 is 0 Å². The van der Waals surface area contributed by atoms with Crippen molar-refractivity contribution in [3.63, 3.8) is 0 Å². The average molecular weight is 347 g/mol. The Kier molecular flexibility index (Phi) is 7.77. The summed E-state index contributed by atoms with van der Waals surface area (Å²) in [5.41, 5.74) is 0. The summed E-state index contributed by atoms with van der Waals surface area (Å²) in [5, 5.41) is 31.7. The van der Waals surface area contributed by atoms with Gasteiger partial charge >= 0.3 is 5.97 Å². The monoisotopic (exact) mass is 347 g/mol. The van der Waals surface area contributed by atoms with E-state index in [0.29, 0.717) is 0 Å². The summed E-state index contributed by atoms with van der Waals surface area (Å²) in [6.45, 7) is 4.18. The molecule has 1 heterocycles. The van der Waals surface area contributed by atoms with Gasteiger partial charge in [0.05, 0.1) is 44.7 Å². The van der Waals surface area contributed by atoms with Gasteiger partial charge in [-0.3, -0.25) is 4.79 Å². The van der Waals surface area contributed by atoms with Crippen molar-refractivity contribution >= 4 is 11.9 Å². The average Bonchev–Trinajstić information content (AvgIpc) is 2.54. The van der Waals surface area contributed by atoms with E-state index in [2.05, 4.69) is 11.9 Å². The van der Waals surface area contributed by atoms with Gasteiger partial charge in [-0.2, -0.15) is 0 Å². The molecule has 0 saturated carbocycles. The standard InChI is InChI=1S/C15H25NO8/c1-4-5-23-15(14(21)22-3)7-11(20)13(16-9(2)18)12(24-15)6-10(19)8-17/h4,10-13,17,19-20H,1,5-8H2,2-3H3,(H,16,18). The first-order valence-electron chi connectivity index (χ1n) is 7.54. The molecular weight excluding hydrogens is 322 g/mol. The lowest BCUT2D eigenvalue weighted by Crippen LogP contribution is -2.64. The van der Waals surface area contributed by atoms with Crippen molar-refractivity contribution in [1.82, 2.24) is 5.32 Å². The smallest absolute Gasteiger partial charge is 0.366 e. The van der Waals surface area contributed by atoms with Crippen LogP contribution in [0.2, 0.25) is 0 Å². The topological polar surface area (TPSA) is 135 Å². The Labute approximate surface area is 140 Å². The molecule has 4 N–H and O–H groups in total. The van der Waals surface area contributed by atoms with Gasteiger partial charge in [-0.1, -0.05) is 6.08 Å². The molecule has 138 valence electrons. The van der Waals surface area contributed by atoms with E-state index in [1.54, 1.807) is 0 Å². The Bertz CT molecular complexity index is 457. The fraction of sp³-hybridized carbons (Fsp3) is 0.733. The number of aliphatic hydroxyl groups excluding tert-OH is 3. The fourth-order valence-corrected chi connectivity index (χ4v) is 2.61. The van der Waals surface area contributed by atoms with E-state index in [0.717, 1.165) is 7.11 Å². The zero-order valence-electron chi connectivity index (χ0n) is 13.8. The van der Waals surface area contributed by atoms with Crippen LogP contribution in [0.4, 0.5) is 0 Å². The molecule has 9 heteroatoms. The summed E-state index contributed by atoms with van der Waals surface area (Å²) in [4.78, 5) is 23.5. The van der Waals surface area contributed by atoms with E-state index in [-0.39, 0.29) is 19.4 Å². The largest absolute Gasteiger partial charge is 0.465 e. The minimum atomic E-state index is -1.89. The molecule has 0 aromatic carbocycles. The highest BCUT2D eigenvalue weighted by Crippen LogP contribution is 2.34. The zero-order valence-corrected chi connectivity index (χ0v) is 13.8. The Balaban J connectivity index is 3.11. The molecule has 0 aromatic heterocycles. The lowest BCUT2D eigenvalue weighted by Gasteiger charge is -2.45. The van der Waals surface area contributed by atoms with Crippen LogP contribution in [0.15, 0.2) is 12.7 Å². The van der Waals surface area contributed by atoms with Crippen molar-refractivity contribution in [2.75, 3.05) is 20.3 Å². The van der Waals surface area contributed by atoms with Crippen LogP contribution in [0.1, 0.15) is 19.8 Å². The first-order chi connectivity index (χ1) is 11.3. The number of aliphatic hydroxyl groups is 3. The van der Waals surface area contributed by atoms with Crippen LogP contribution >= 0.6 is 0 Å². The third-order valence-corrected chi connectivity index (χ3v) is 3.65. The second kappa shape index (κ2) is 9.09. The number of methoxy groups -OCH3 is 1. The van der Waals surface area contributed by atoms with Gasteiger partial charge in [0.25, 0.3) is 5.79 Å². The minimum Gasteiger partial charge on any atom is -0.465 e. The molecular formula is C15H25NO8. The number of nitrogens with one attached hydrogen (secondary N) is 1. The molecule has 0 radical (unpaired) electrons. The number of carbonyl (C=O) groups excluding carboxylic acids is 2. The first kappa shape index (κ1) is 20.5. The summed E-state index contributed by atoms with van der Waals surface area (Å²) < 4.78 is 15.8. The highest BCUT2D eigenvalue weighted by molar-refractivity contribution is 5.78. The van der Waals surface area contributed by atoms with E-state index < -0.39 is 48.6 Å². The van der Waals surface area contributed by atoms with E-state index in [9.17, 15) is 19.8 Å². The Morgan fingerprint density at radius 1 is 1.54 bits per heavy atom. The lowest BCUT2D eigenvalue weighted by molar-refractivity contribution is -0.296. The van der Waals surface area contributed by atoms with E-state index in [1.807, 2.05) is 0 Å². The van der Waals surface area contributed by atoms with Gasteiger partial charge < -0.3 is 34.8 Å². The van der Waals surface area contributed by atoms with Crippen molar-refractivity contribution in [3.05, 3.63) is 12.7 Å². The van der Waals surface area contributed by atoms with Gasteiger partial charge in [-0.05, 0) is 0 Å². The Morgan fingerprint density at radius 2 is 2.21 bits per heavy atom. The fourth-order valence-electron chi connectivity index (χ4n) is 2.61. The van der Waals surface area contributed by atoms with Crippen LogP contribution in [0.3, 0.4) is 0 Å². The number of ether oxygens (including phenoxy) is 3. The maximum absolute atomic E-state index is 12.2. The quantitative estimate of drug-likeness (QED) is 0.306. The summed E-state index contributed by atoms with van der Waals surface area (Å²) >= 11 is 0. The summed E-state index contributed by atoms with van der Waals surface area (Å²) in [5.74, 6) is -3.16. The SMILES string of the molecule is C=CCOC1(C(=O)OC)CC(O)C(NC(C)=O)C(CC(O)CO)O1. The lowest BCUT2D eigenvalue weighted by atomic mass is 9.90. The highest BCUT2D eigenvalue weighted by atomic mass is 16.7. The molecule has 1 aliphatic heterocycles. The molecule has 9 nitrogen and oxygen atoms in total. The predicted molar refractivity (Wildman–Crippen MR) is 81.7 cm³/mol. The molecule has 1 rings (SSSR count). The van der Waals surface area contributed by atoms with Crippen LogP contribution in [-0.4, -0.2) is 77.7 Å². The molecule has 1 amide bonds. The molecule has 5 atom stereocenters. The van der Waals surface area contributed by atoms with E-state index in [4.69, 9.17) is 19.3 Å². The summed E-state index contributed by atoms with van der Waals surface area (Å²) in [6.07, 6.45) is -2.34. The van der Waals surface area contributed by atoms with Crippen molar-refractivity contribution in [2.24, 2.45) is 0 Å². The van der Waals surface area contributed by atoms with Crippen LogP contribution in [-0.2, 0) is 23.8 Å². The summed E-state index contributed by atoms with van der Waals surface area (Å²) in [6, 6.07) is -0.881. The van der Waals surface area contributed by atoms with Crippen molar-refractivity contribution in [3.8, 4) is 0 Å². The summed E-state index contributed by atoms with van der Waals surface area (Å²) in [7, 11) is 1.15. The number of carbonyl (C=O) groups is 2. The normalized spacial score (nSPS) is 31.1. The molecule has 5 unspecified atom stereocenters. The van der Waals surface area contributed by atoms with Crippen LogP contribution < -0.4 is 5.32 Å². The van der Waals surface area contributed by atoms with Gasteiger partial charge in [-0.15, -0.1) is 6.58 Å². The second-order valence-electron chi connectivity index (χ2n) is 5.57. The predicted octanol–water partition coefficient (Wildman–Crippen LogP) is -1.54. The number of amides is 1. The van der Waals surface area contributed by atoms with Gasteiger partial charge in [0.15, 0.2) is 0 Å². The van der Waals surface area contributed by atoms with E-state index in [1.165, 1.54) is 13.0 Å². The van der Waals surface area contributed by atoms with Crippen molar-refractivity contribution < 1.29 is 39.1 Å². The zero-order chi connectivity index (χ0) is 18.3. The van der Waals surface area contributed by atoms with Gasteiger partial charge in [0, 0.05) is 19.8 Å². The molecule has 0 bridgehead atoms. The Morgan fingerprint density at radius 3 is 2.71 bits per heavy atom.